The first-order valence-electron chi connectivity index (χ1n) is 11.5. The summed E-state index contributed by atoms with van der Waals surface area (Å²) in [6, 6.07) is 3.04. The van der Waals surface area contributed by atoms with Gasteiger partial charge in [-0.15, -0.1) is 0 Å². The Morgan fingerprint density at radius 2 is 1.67 bits per heavy atom. The number of halogens is 3. The van der Waals surface area contributed by atoms with Gasteiger partial charge in [0, 0.05) is 17.4 Å². The molecule has 36 heavy (non-hydrogen) atoms. The van der Waals surface area contributed by atoms with Gasteiger partial charge in [-0.25, -0.2) is 18.8 Å². The van der Waals surface area contributed by atoms with Crippen LogP contribution < -0.4 is 10.6 Å². The van der Waals surface area contributed by atoms with Crippen molar-refractivity contribution in [1.29, 1.82) is 0 Å². The molecule has 0 aromatic heterocycles. The molecule has 2 aliphatic rings. The molecule has 1 aromatic rings. The summed E-state index contributed by atoms with van der Waals surface area (Å²) < 4.78 is 31.4. The minimum absolute atomic E-state index is 0.0761. The number of fused-ring (bicyclic) bond motifs is 1. The normalized spacial score (nSPS) is 28.5. The van der Waals surface area contributed by atoms with Gasteiger partial charge in [0.15, 0.2) is 5.54 Å². The maximum absolute atomic E-state index is 16.0. The fraction of sp³-hybridized carbons (Fsp3) is 0.583. The number of hydrogen-bond acceptors (Lipinski definition) is 7. The van der Waals surface area contributed by atoms with E-state index in [0.717, 1.165) is 0 Å². The first-order valence-corrected chi connectivity index (χ1v) is 12.3. The Morgan fingerprint density at radius 3 is 2.22 bits per heavy atom. The second kappa shape index (κ2) is 10.0. The van der Waals surface area contributed by atoms with Crippen molar-refractivity contribution in [2.75, 3.05) is 13.2 Å². The van der Waals surface area contributed by atoms with Crippen LogP contribution in [-0.4, -0.2) is 60.0 Å². The van der Waals surface area contributed by atoms with E-state index in [2.05, 4.69) is 10.6 Å². The highest BCUT2D eigenvalue weighted by Crippen LogP contribution is 2.68. The van der Waals surface area contributed by atoms with Crippen LogP contribution >= 0.6 is 23.2 Å². The van der Waals surface area contributed by atoms with E-state index in [1.165, 1.54) is 32.0 Å². The molecule has 2 amide bonds. The Balaban J connectivity index is 2.03. The monoisotopic (exact) mass is 546 g/mol. The second-order valence-electron chi connectivity index (χ2n) is 9.68. The van der Waals surface area contributed by atoms with Crippen LogP contribution in [0, 0.1) is 11.8 Å². The van der Waals surface area contributed by atoms with Crippen molar-refractivity contribution >= 4 is 47.1 Å². The zero-order valence-electron chi connectivity index (χ0n) is 20.6. The topological polar surface area (TPSA) is 120 Å². The quantitative estimate of drug-likeness (QED) is 0.393. The number of alkyl halides is 1. The fourth-order valence-electron chi connectivity index (χ4n) is 4.82. The lowest BCUT2D eigenvalue weighted by Gasteiger charge is -2.38. The molecule has 0 heterocycles. The van der Waals surface area contributed by atoms with Gasteiger partial charge < -0.3 is 24.8 Å². The summed E-state index contributed by atoms with van der Waals surface area (Å²) in [7, 11) is 0. The van der Waals surface area contributed by atoms with E-state index < -0.39 is 58.6 Å². The molecule has 12 heteroatoms. The molecule has 9 nitrogen and oxygen atoms in total. The summed E-state index contributed by atoms with van der Waals surface area (Å²) in [4.78, 5) is 51.9. The summed E-state index contributed by atoms with van der Waals surface area (Å²) in [5.74, 6) is -5.18. The highest BCUT2D eigenvalue weighted by atomic mass is 35.5. The molecule has 0 saturated heterocycles. The van der Waals surface area contributed by atoms with Crippen molar-refractivity contribution in [2.45, 2.75) is 63.9 Å². The van der Waals surface area contributed by atoms with Crippen LogP contribution in [-0.2, 0) is 23.8 Å². The van der Waals surface area contributed by atoms with E-state index in [9.17, 15) is 19.2 Å². The molecule has 1 aromatic carbocycles. The minimum Gasteiger partial charge on any atom is -0.464 e. The molecule has 0 spiro atoms. The van der Waals surface area contributed by atoms with Gasteiger partial charge >= 0.3 is 18.0 Å². The Kier molecular flexibility index (Phi) is 7.81. The Morgan fingerprint density at radius 1 is 1.06 bits per heavy atom. The molecule has 2 fully saturated rings. The van der Waals surface area contributed by atoms with Crippen LogP contribution in [0.25, 0.3) is 0 Å². The smallest absolute Gasteiger partial charge is 0.408 e. The molecule has 2 saturated carbocycles. The van der Waals surface area contributed by atoms with Gasteiger partial charge in [0.05, 0.1) is 29.3 Å². The van der Waals surface area contributed by atoms with E-state index in [1.54, 1.807) is 20.8 Å². The van der Waals surface area contributed by atoms with Crippen molar-refractivity contribution in [2.24, 2.45) is 11.8 Å². The molecular weight excluding hydrogens is 518 g/mol. The lowest BCUT2D eigenvalue weighted by atomic mass is 9.84. The molecule has 0 aliphatic heterocycles. The number of carbonyl (C=O) groups excluding carboxylic acids is 4. The molecule has 198 valence electrons. The first kappa shape index (κ1) is 28.0. The van der Waals surface area contributed by atoms with Crippen LogP contribution in [0.4, 0.5) is 9.18 Å². The zero-order chi connectivity index (χ0) is 27.1. The van der Waals surface area contributed by atoms with Gasteiger partial charge in [0.25, 0.3) is 5.91 Å². The van der Waals surface area contributed by atoms with Crippen LogP contribution in [0.1, 0.15) is 51.4 Å². The van der Waals surface area contributed by atoms with Gasteiger partial charge in [0.1, 0.15) is 5.60 Å². The number of carbonyl (C=O) groups is 4. The highest BCUT2D eigenvalue weighted by molar-refractivity contribution is 6.42. The number of nitrogens with one attached hydrogen (secondary N) is 2. The maximum atomic E-state index is 16.0. The Hall–Kier alpha value is -2.59. The van der Waals surface area contributed by atoms with E-state index in [-0.39, 0.29) is 35.2 Å². The predicted octanol–water partition coefficient (Wildman–Crippen LogP) is 3.84. The third-order valence-electron chi connectivity index (χ3n) is 6.21. The molecule has 5 atom stereocenters. The van der Waals surface area contributed by atoms with Gasteiger partial charge in [-0.2, -0.15) is 0 Å². The van der Waals surface area contributed by atoms with E-state index in [0.29, 0.717) is 0 Å². The number of benzene rings is 1. The van der Waals surface area contributed by atoms with E-state index in [1.807, 2.05) is 0 Å². The number of rotatable bonds is 7. The molecule has 3 rings (SSSR count). The summed E-state index contributed by atoms with van der Waals surface area (Å²) >= 11 is 12.0. The fourth-order valence-corrected chi connectivity index (χ4v) is 5.12. The molecule has 0 bridgehead atoms. The largest absolute Gasteiger partial charge is 0.464 e. The average Bonchev–Trinajstić information content (AvgIpc) is 3.22. The van der Waals surface area contributed by atoms with Gasteiger partial charge in [-0.3, -0.25) is 4.79 Å². The van der Waals surface area contributed by atoms with Gasteiger partial charge in [0.2, 0.25) is 5.67 Å². The predicted molar refractivity (Wildman–Crippen MR) is 129 cm³/mol. The van der Waals surface area contributed by atoms with Gasteiger partial charge in [-0.05, 0) is 59.2 Å². The number of ether oxygens (including phenoxy) is 3. The molecule has 2 aliphatic carbocycles. The first-order chi connectivity index (χ1) is 16.7. The van der Waals surface area contributed by atoms with Crippen LogP contribution in [0.3, 0.4) is 0 Å². The zero-order valence-corrected chi connectivity index (χ0v) is 22.1. The Labute approximate surface area is 218 Å². The lowest BCUT2D eigenvalue weighted by Crippen LogP contribution is -2.68. The summed E-state index contributed by atoms with van der Waals surface area (Å²) in [6.45, 7) is 7.72. The van der Waals surface area contributed by atoms with Crippen LogP contribution in [0.5, 0.6) is 0 Å². The van der Waals surface area contributed by atoms with E-state index in [4.69, 9.17) is 37.4 Å². The second-order valence-corrected chi connectivity index (χ2v) is 10.5. The van der Waals surface area contributed by atoms with Crippen molar-refractivity contribution in [3.63, 3.8) is 0 Å². The number of esters is 2. The SMILES string of the molecule is CCOC(=O)[C@@]1(F)[C@@H]2C[C@@H](NC(=O)c3ccc(Cl)c(Cl)c3)[C@@](NC(=O)OC(C)(C)C)(C(=O)OCC)[C@@H]21. The molecule has 0 radical (unpaired) electrons. The third kappa shape index (κ3) is 4.98. The Bertz CT molecular complexity index is 1080. The molecular formula is C24H29Cl2FN2O7. The standard InChI is InChI=1S/C24H29Cl2FN2O7/c1-6-34-19(31)23(27)13-11-16(28-18(30)12-8-9-14(25)15(26)10-12)24(17(13)23,20(32)35-7-2)29-21(33)36-22(3,4)5/h8-10,13,16-17H,6-7,11H2,1-5H3,(H,28,30)(H,29,33)/t13-,16-,17+,23-,24+/m1/s1. The average molecular weight is 547 g/mol. The molecule has 2 N–H and O–H groups in total. The van der Waals surface area contributed by atoms with E-state index >= 15 is 4.39 Å². The van der Waals surface area contributed by atoms with Crippen molar-refractivity contribution in [3.05, 3.63) is 33.8 Å². The van der Waals surface area contributed by atoms with Crippen LogP contribution in [0.2, 0.25) is 10.0 Å². The number of alkyl carbamates (subject to hydrolysis) is 1. The summed E-state index contributed by atoms with van der Waals surface area (Å²) in [6.07, 6.45) is -1.19. The van der Waals surface area contributed by atoms with Crippen molar-refractivity contribution < 1.29 is 37.8 Å². The van der Waals surface area contributed by atoms with Gasteiger partial charge in [-0.1, -0.05) is 23.2 Å². The molecule has 0 unspecified atom stereocenters. The summed E-state index contributed by atoms with van der Waals surface area (Å²) in [5, 5.41) is 5.51. The third-order valence-corrected chi connectivity index (χ3v) is 6.95. The van der Waals surface area contributed by atoms with Crippen molar-refractivity contribution in [3.8, 4) is 0 Å². The number of hydrogen-bond donors (Lipinski definition) is 2. The highest BCUT2D eigenvalue weighted by Gasteiger charge is 2.87. The van der Waals surface area contributed by atoms with Crippen LogP contribution in [0.15, 0.2) is 18.2 Å². The maximum Gasteiger partial charge on any atom is 0.408 e. The lowest BCUT2D eigenvalue weighted by molar-refractivity contribution is -0.158. The number of amides is 2. The van der Waals surface area contributed by atoms with Crippen molar-refractivity contribution in [1.82, 2.24) is 10.6 Å². The minimum atomic E-state index is -2.55. The summed E-state index contributed by atoms with van der Waals surface area (Å²) in [5.41, 5.74) is -5.52.